The summed E-state index contributed by atoms with van der Waals surface area (Å²) in [5, 5.41) is 16.8. The fourth-order valence-electron chi connectivity index (χ4n) is 3.88. The molecule has 0 spiro atoms. The van der Waals surface area contributed by atoms with Crippen molar-refractivity contribution >= 4 is 16.8 Å². The molecule has 0 aliphatic carbocycles. The molecule has 8 nitrogen and oxygen atoms in total. The molecule has 0 fully saturated rings. The van der Waals surface area contributed by atoms with Crippen LogP contribution in [0.4, 0.5) is 4.39 Å². The molecule has 0 amide bonds. The van der Waals surface area contributed by atoms with Gasteiger partial charge in [-0.3, -0.25) is 4.40 Å². The maximum absolute atomic E-state index is 15.0. The summed E-state index contributed by atoms with van der Waals surface area (Å²) < 4.78 is 24.2. The second-order valence-electron chi connectivity index (χ2n) is 7.24. The van der Waals surface area contributed by atoms with Crippen molar-refractivity contribution in [3.63, 3.8) is 0 Å². The molecule has 0 aliphatic heterocycles. The van der Waals surface area contributed by atoms with Crippen LogP contribution in [-0.4, -0.2) is 41.5 Å². The second kappa shape index (κ2) is 7.51. The van der Waals surface area contributed by atoms with E-state index in [4.69, 9.17) is 4.74 Å². The quantitative estimate of drug-likeness (QED) is 0.432. The normalized spacial score (nSPS) is 11.6. The zero-order valence-electron chi connectivity index (χ0n) is 17.4. The summed E-state index contributed by atoms with van der Waals surface area (Å²) in [6.07, 6.45) is 5.25. The molecule has 9 heteroatoms. The van der Waals surface area contributed by atoms with Gasteiger partial charge in [0.15, 0.2) is 11.3 Å². The summed E-state index contributed by atoms with van der Waals surface area (Å²) in [4.78, 5) is 4.51. The first-order valence-corrected chi connectivity index (χ1v) is 9.91. The van der Waals surface area contributed by atoms with Gasteiger partial charge in [0.05, 0.1) is 19.1 Å². The largest absolute Gasteiger partial charge is 0.380 e. The van der Waals surface area contributed by atoms with Crippen molar-refractivity contribution < 1.29 is 9.13 Å². The van der Waals surface area contributed by atoms with Gasteiger partial charge in [-0.15, -0.1) is 15.3 Å². The molecule has 0 unspecified atom stereocenters. The van der Waals surface area contributed by atoms with Crippen molar-refractivity contribution in [1.29, 1.82) is 0 Å². The maximum Gasteiger partial charge on any atom is 0.183 e. The molecule has 31 heavy (non-hydrogen) atoms. The van der Waals surface area contributed by atoms with E-state index >= 15 is 4.39 Å². The van der Waals surface area contributed by atoms with E-state index in [0.29, 0.717) is 22.4 Å². The lowest BCUT2D eigenvalue weighted by atomic mass is 9.96. The molecule has 0 N–H and O–H groups in total. The number of aromatic nitrogens is 7. The Morgan fingerprint density at radius 3 is 2.71 bits per heavy atom. The fraction of sp³-hybridized carbons (Fsp3) is 0.227. The number of fused-ring (bicyclic) bond motifs is 2. The minimum absolute atomic E-state index is 0.281. The molecule has 0 saturated heterocycles. The summed E-state index contributed by atoms with van der Waals surface area (Å²) in [5.74, 6) is 0.420. The average molecular weight is 417 g/mol. The van der Waals surface area contributed by atoms with Crippen LogP contribution in [0.15, 0.2) is 43.0 Å². The molecule has 0 atom stereocenters. The Balaban J connectivity index is 1.72. The zero-order valence-corrected chi connectivity index (χ0v) is 17.4. The van der Waals surface area contributed by atoms with Gasteiger partial charge in [0.2, 0.25) is 0 Å². The molecular formula is C22H20FN7O. The fourth-order valence-corrected chi connectivity index (χ4v) is 3.88. The van der Waals surface area contributed by atoms with E-state index < -0.39 is 0 Å². The molecule has 0 bridgehead atoms. The van der Waals surface area contributed by atoms with Gasteiger partial charge < -0.3 is 9.30 Å². The van der Waals surface area contributed by atoms with Gasteiger partial charge in [0, 0.05) is 36.5 Å². The molecule has 156 valence electrons. The standard InChI is InChI=1S/C22H20FN7O/c1-4-29-12-24-20-17(10-25-27-22(20)29)14-5-6-19(23)16(9-14)15-7-8-30-13(2)26-28-21(30)18(15)11-31-3/h5-10,12H,4,11H2,1-3H3. The Morgan fingerprint density at radius 2 is 1.90 bits per heavy atom. The van der Waals surface area contributed by atoms with E-state index in [1.165, 1.54) is 6.07 Å². The Morgan fingerprint density at radius 1 is 1.03 bits per heavy atom. The molecular weight excluding hydrogens is 397 g/mol. The number of rotatable bonds is 5. The minimum Gasteiger partial charge on any atom is -0.380 e. The van der Waals surface area contributed by atoms with E-state index in [0.717, 1.165) is 34.6 Å². The monoisotopic (exact) mass is 417 g/mol. The lowest BCUT2D eigenvalue weighted by molar-refractivity contribution is 0.186. The van der Waals surface area contributed by atoms with Crippen LogP contribution in [0.25, 0.3) is 39.1 Å². The van der Waals surface area contributed by atoms with Crippen molar-refractivity contribution in [2.24, 2.45) is 0 Å². The third kappa shape index (κ3) is 3.05. The van der Waals surface area contributed by atoms with Crippen LogP contribution in [0, 0.1) is 12.7 Å². The van der Waals surface area contributed by atoms with Crippen LogP contribution in [0.2, 0.25) is 0 Å². The van der Waals surface area contributed by atoms with Crippen LogP contribution in [-0.2, 0) is 17.9 Å². The number of aryl methyl sites for hydroxylation is 2. The van der Waals surface area contributed by atoms with Gasteiger partial charge in [-0.2, -0.15) is 5.10 Å². The summed E-state index contributed by atoms with van der Waals surface area (Å²) >= 11 is 0. The first-order valence-electron chi connectivity index (χ1n) is 9.91. The highest BCUT2D eigenvalue weighted by atomic mass is 19.1. The van der Waals surface area contributed by atoms with Crippen LogP contribution in [0.1, 0.15) is 18.3 Å². The molecule has 0 saturated carbocycles. The lowest BCUT2D eigenvalue weighted by Crippen LogP contribution is -2.00. The predicted molar refractivity (Wildman–Crippen MR) is 114 cm³/mol. The highest BCUT2D eigenvalue weighted by Crippen LogP contribution is 2.34. The maximum atomic E-state index is 15.0. The minimum atomic E-state index is -0.334. The Labute approximate surface area is 177 Å². The molecule has 0 radical (unpaired) electrons. The highest BCUT2D eigenvalue weighted by Gasteiger charge is 2.18. The number of benzene rings is 1. The van der Waals surface area contributed by atoms with Gasteiger partial charge in [0.25, 0.3) is 0 Å². The molecule has 1 aromatic carbocycles. The van der Waals surface area contributed by atoms with Crippen LogP contribution >= 0.6 is 0 Å². The van der Waals surface area contributed by atoms with Crippen molar-refractivity contribution in [3.8, 4) is 22.3 Å². The van der Waals surface area contributed by atoms with Gasteiger partial charge in [-0.1, -0.05) is 6.07 Å². The van der Waals surface area contributed by atoms with E-state index in [1.54, 1.807) is 25.7 Å². The van der Waals surface area contributed by atoms with Gasteiger partial charge in [-0.25, -0.2) is 9.37 Å². The number of hydrogen-bond acceptors (Lipinski definition) is 6. The third-order valence-corrected chi connectivity index (χ3v) is 5.45. The SMILES string of the molecule is CCn1cnc2c(-c3ccc(F)c(-c4ccn5c(C)nnc5c4COC)c3)cnnc21. The molecule has 4 aromatic heterocycles. The van der Waals surface area contributed by atoms with Crippen molar-refractivity contribution in [2.45, 2.75) is 27.0 Å². The molecule has 5 rings (SSSR count). The van der Waals surface area contributed by atoms with E-state index in [1.807, 2.05) is 41.1 Å². The number of halogens is 1. The topological polar surface area (TPSA) is 83.0 Å². The number of imidazole rings is 1. The second-order valence-corrected chi connectivity index (χ2v) is 7.24. The van der Waals surface area contributed by atoms with Crippen molar-refractivity contribution in [1.82, 2.24) is 34.3 Å². The third-order valence-electron chi connectivity index (χ3n) is 5.45. The number of ether oxygens (including phenoxy) is 1. The van der Waals surface area contributed by atoms with Crippen molar-refractivity contribution in [2.75, 3.05) is 7.11 Å². The number of hydrogen-bond donors (Lipinski definition) is 0. The number of pyridine rings is 1. The van der Waals surface area contributed by atoms with E-state index in [-0.39, 0.29) is 12.4 Å². The van der Waals surface area contributed by atoms with Gasteiger partial charge in [0.1, 0.15) is 17.2 Å². The van der Waals surface area contributed by atoms with Crippen LogP contribution < -0.4 is 0 Å². The Hall–Kier alpha value is -3.72. The summed E-state index contributed by atoms with van der Waals surface area (Å²) in [6.45, 7) is 4.91. The Kier molecular flexibility index (Phi) is 4.67. The zero-order chi connectivity index (χ0) is 21.5. The van der Waals surface area contributed by atoms with Gasteiger partial charge >= 0.3 is 0 Å². The van der Waals surface area contributed by atoms with Gasteiger partial charge in [-0.05, 0) is 43.2 Å². The first-order chi connectivity index (χ1) is 15.1. The Bertz CT molecular complexity index is 1420. The van der Waals surface area contributed by atoms with Crippen LogP contribution in [0.5, 0.6) is 0 Å². The first kappa shape index (κ1) is 19.3. The molecule has 5 aromatic rings. The number of methoxy groups -OCH3 is 1. The average Bonchev–Trinajstić information content (AvgIpc) is 3.38. The molecule has 4 heterocycles. The van der Waals surface area contributed by atoms with Crippen molar-refractivity contribution in [3.05, 3.63) is 60.2 Å². The lowest BCUT2D eigenvalue weighted by Gasteiger charge is -2.13. The van der Waals surface area contributed by atoms with Crippen LogP contribution in [0.3, 0.4) is 0 Å². The van der Waals surface area contributed by atoms with E-state index in [2.05, 4.69) is 25.4 Å². The number of nitrogens with zero attached hydrogens (tertiary/aromatic N) is 7. The predicted octanol–water partition coefficient (Wildman–Crippen LogP) is 3.82. The summed E-state index contributed by atoms with van der Waals surface area (Å²) in [6, 6.07) is 6.87. The smallest absolute Gasteiger partial charge is 0.183 e. The summed E-state index contributed by atoms with van der Waals surface area (Å²) in [7, 11) is 1.60. The molecule has 0 aliphatic rings. The summed E-state index contributed by atoms with van der Waals surface area (Å²) in [5.41, 5.74) is 5.61. The highest BCUT2D eigenvalue weighted by molar-refractivity contribution is 5.90. The van der Waals surface area contributed by atoms with E-state index in [9.17, 15) is 0 Å².